The zero-order valence-corrected chi connectivity index (χ0v) is 16.0. The summed E-state index contributed by atoms with van der Waals surface area (Å²) < 4.78 is 19.5. The second kappa shape index (κ2) is 10.2. The first-order valence-electron chi connectivity index (χ1n) is 10.1. The number of hydrogen-bond acceptors (Lipinski definition) is 4. The summed E-state index contributed by atoms with van der Waals surface area (Å²) in [5, 5.41) is 9.13. The van der Waals surface area contributed by atoms with Crippen LogP contribution in [0, 0.1) is 11.7 Å². The maximum atomic E-state index is 13.8. The summed E-state index contributed by atoms with van der Waals surface area (Å²) in [6.07, 6.45) is 4.38. The van der Waals surface area contributed by atoms with E-state index in [1.54, 1.807) is 6.07 Å². The highest BCUT2D eigenvalue weighted by molar-refractivity contribution is 5.76. The average Bonchev–Trinajstić information content (AvgIpc) is 3.18. The summed E-state index contributed by atoms with van der Waals surface area (Å²) >= 11 is 0. The Morgan fingerprint density at radius 1 is 1.22 bits per heavy atom. The van der Waals surface area contributed by atoms with Crippen LogP contribution < -0.4 is 0 Å². The number of carbonyl (C=O) groups is 1. The van der Waals surface area contributed by atoms with Gasteiger partial charge in [-0.3, -0.25) is 9.69 Å². The number of rotatable bonds is 8. The van der Waals surface area contributed by atoms with E-state index in [0.717, 1.165) is 57.5 Å². The van der Waals surface area contributed by atoms with Crippen LogP contribution in [-0.2, 0) is 16.1 Å². The lowest BCUT2D eigenvalue weighted by Crippen LogP contribution is -2.43. The average molecular weight is 378 g/mol. The molecule has 1 amide bonds. The molecule has 1 N–H and O–H groups in total. The Balaban J connectivity index is 1.49. The molecular weight excluding hydrogens is 347 g/mol. The third-order valence-corrected chi connectivity index (χ3v) is 5.66. The molecule has 1 unspecified atom stereocenters. The lowest BCUT2D eigenvalue weighted by molar-refractivity contribution is -0.134. The fourth-order valence-corrected chi connectivity index (χ4v) is 4.07. The van der Waals surface area contributed by atoms with Crippen LogP contribution in [0.3, 0.4) is 0 Å². The van der Waals surface area contributed by atoms with Crippen molar-refractivity contribution in [2.75, 3.05) is 39.4 Å². The Labute approximate surface area is 161 Å². The van der Waals surface area contributed by atoms with Crippen molar-refractivity contribution in [3.63, 3.8) is 0 Å². The molecule has 0 bridgehead atoms. The highest BCUT2D eigenvalue weighted by Crippen LogP contribution is 2.22. The number of nitrogens with zero attached hydrogens (tertiary/aromatic N) is 2. The van der Waals surface area contributed by atoms with Gasteiger partial charge >= 0.3 is 0 Å². The van der Waals surface area contributed by atoms with Gasteiger partial charge in [0.1, 0.15) is 5.82 Å². The molecule has 2 aliphatic rings. The Morgan fingerprint density at radius 2 is 2.00 bits per heavy atom. The molecule has 2 heterocycles. The number of benzene rings is 1. The number of ether oxygens (including phenoxy) is 1. The van der Waals surface area contributed by atoms with Gasteiger partial charge in [0.05, 0.1) is 12.7 Å². The van der Waals surface area contributed by atoms with Crippen LogP contribution >= 0.6 is 0 Å². The van der Waals surface area contributed by atoms with Crippen molar-refractivity contribution in [1.29, 1.82) is 0 Å². The van der Waals surface area contributed by atoms with Crippen molar-refractivity contribution in [2.24, 2.45) is 5.92 Å². The number of carbonyl (C=O) groups excluding carboxylic acids is 1. The molecule has 0 radical (unpaired) electrons. The molecule has 5 nitrogen and oxygen atoms in total. The van der Waals surface area contributed by atoms with E-state index in [2.05, 4.69) is 4.90 Å². The van der Waals surface area contributed by atoms with E-state index >= 15 is 0 Å². The maximum Gasteiger partial charge on any atom is 0.224 e. The summed E-state index contributed by atoms with van der Waals surface area (Å²) in [4.78, 5) is 16.6. The van der Waals surface area contributed by atoms with Crippen LogP contribution in [0.25, 0.3) is 0 Å². The van der Waals surface area contributed by atoms with Gasteiger partial charge in [-0.05, 0) is 50.8 Å². The third kappa shape index (κ3) is 5.99. The summed E-state index contributed by atoms with van der Waals surface area (Å²) in [6.45, 7) is 4.51. The summed E-state index contributed by atoms with van der Waals surface area (Å²) in [5.41, 5.74) is 0.745. The van der Waals surface area contributed by atoms with E-state index in [1.165, 1.54) is 6.07 Å². The molecule has 2 fully saturated rings. The lowest BCUT2D eigenvalue weighted by Gasteiger charge is -2.35. The molecule has 0 spiro atoms. The molecule has 0 aliphatic carbocycles. The predicted molar refractivity (Wildman–Crippen MR) is 102 cm³/mol. The molecule has 1 aromatic carbocycles. The van der Waals surface area contributed by atoms with E-state index in [9.17, 15) is 9.18 Å². The predicted octanol–water partition coefficient (Wildman–Crippen LogP) is 2.43. The highest BCUT2D eigenvalue weighted by Gasteiger charge is 2.27. The van der Waals surface area contributed by atoms with Crippen molar-refractivity contribution in [2.45, 2.75) is 44.8 Å². The second-order valence-corrected chi connectivity index (χ2v) is 7.72. The molecule has 0 saturated carbocycles. The van der Waals surface area contributed by atoms with Gasteiger partial charge in [-0.15, -0.1) is 0 Å². The monoisotopic (exact) mass is 378 g/mol. The molecule has 3 rings (SSSR count). The zero-order valence-electron chi connectivity index (χ0n) is 16.0. The van der Waals surface area contributed by atoms with Gasteiger partial charge in [0.25, 0.3) is 0 Å². The molecular formula is C21H31FN2O3. The van der Waals surface area contributed by atoms with E-state index < -0.39 is 0 Å². The lowest BCUT2D eigenvalue weighted by atomic mass is 9.95. The van der Waals surface area contributed by atoms with E-state index in [1.807, 2.05) is 17.0 Å². The van der Waals surface area contributed by atoms with Crippen molar-refractivity contribution in [3.05, 3.63) is 35.6 Å². The molecule has 1 atom stereocenters. The Bertz CT molecular complexity index is 599. The van der Waals surface area contributed by atoms with Gasteiger partial charge < -0.3 is 14.7 Å². The SMILES string of the molecule is O=C(CCO)N(CC1CCN(Cc2ccccc2F)CC1)CC1CCCO1. The number of likely N-dealkylation sites (tertiary alicyclic amines) is 1. The van der Waals surface area contributed by atoms with Crippen LogP contribution in [-0.4, -0.2) is 66.3 Å². The van der Waals surface area contributed by atoms with E-state index in [-0.39, 0.29) is 30.9 Å². The third-order valence-electron chi connectivity index (χ3n) is 5.66. The molecule has 2 saturated heterocycles. The molecule has 2 aliphatic heterocycles. The summed E-state index contributed by atoms with van der Waals surface area (Å²) in [5.74, 6) is 0.324. The van der Waals surface area contributed by atoms with Gasteiger partial charge in [0.2, 0.25) is 5.91 Å². The van der Waals surface area contributed by atoms with Crippen molar-refractivity contribution >= 4 is 5.91 Å². The fraction of sp³-hybridized carbons (Fsp3) is 0.667. The van der Waals surface area contributed by atoms with Crippen LogP contribution in [0.1, 0.15) is 37.7 Å². The quantitative estimate of drug-likeness (QED) is 0.755. The highest BCUT2D eigenvalue weighted by atomic mass is 19.1. The first-order valence-corrected chi connectivity index (χ1v) is 10.1. The first-order chi connectivity index (χ1) is 13.2. The molecule has 27 heavy (non-hydrogen) atoms. The number of halogens is 1. The summed E-state index contributed by atoms with van der Waals surface area (Å²) in [6, 6.07) is 6.95. The largest absolute Gasteiger partial charge is 0.396 e. The second-order valence-electron chi connectivity index (χ2n) is 7.72. The van der Waals surface area contributed by atoms with Crippen molar-refractivity contribution < 1.29 is 19.0 Å². The van der Waals surface area contributed by atoms with Crippen LogP contribution in [0.2, 0.25) is 0 Å². The first kappa shape index (κ1) is 20.2. The Kier molecular flexibility index (Phi) is 7.61. The van der Waals surface area contributed by atoms with Gasteiger partial charge in [0, 0.05) is 38.2 Å². The number of aliphatic hydroxyl groups is 1. The molecule has 1 aromatic rings. The standard InChI is InChI=1S/C21H31FN2O3/c22-20-6-2-1-4-18(20)15-23-10-7-17(8-11-23)14-24(21(26)9-12-25)16-19-5-3-13-27-19/h1-2,4,6,17,19,25H,3,5,7-16H2. The van der Waals surface area contributed by atoms with E-state index in [0.29, 0.717) is 19.0 Å². The van der Waals surface area contributed by atoms with Crippen LogP contribution in [0.4, 0.5) is 4.39 Å². The van der Waals surface area contributed by atoms with Gasteiger partial charge in [-0.1, -0.05) is 18.2 Å². The number of aliphatic hydroxyl groups excluding tert-OH is 1. The minimum absolute atomic E-state index is 0.0155. The van der Waals surface area contributed by atoms with Crippen LogP contribution in [0.15, 0.2) is 24.3 Å². The van der Waals surface area contributed by atoms with Crippen molar-refractivity contribution in [1.82, 2.24) is 9.80 Å². The maximum absolute atomic E-state index is 13.8. The number of hydrogen-bond donors (Lipinski definition) is 1. The Hall–Kier alpha value is -1.50. The minimum Gasteiger partial charge on any atom is -0.396 e. The topological polar surface area (TPSA) is 53.0 Å². The van der Waals surface area contributed by atoms with Gasteiger partial charge in [-0.25, -0.2) is 4.39 Å². The number of amides is 1. The number of piperidine rings is 1. The van der Waals surface area contributed by atoms with Crippen molar-refractivity contribution in [3.8, 4) is 0 Å². The zero-order chi connectivity index (χ0) is 19.1. The molecule has 0 aromatic heterocycles. The fourth-order valence-electron chi connectivity index (χ4n) is 4.07. The van der Waals surface area contributed by atoms with Gasteiger partial charge in [0.15, 0.2) is 0 Å². The molecule has 6 heteroatoms. The molecule has 150 valence electrons. The summed E-state index contributed by atoms with van der Waals surface area (Å²) in [7, 11) is 0. The smallest absolute Gasteiger partial charge is 0.224 e. The van der Waals surface area contributed by atoms with Gasteiger partial charge in [-0.2, -0.15) is 0 Å². The normalized spacial score (nSPS) is 21.5. The minimum atomic E-state index is -0.142. The van der Waals surface area contributed by atoms with E-state index in [4.69, 9.17) is 9.84 Å². The van der Waals surface area contributed by atoms with Crippen LogP contribution in [0.5, 0.6) is 0 Å². The Morgan fingerprint density at radius 3 is 2.67 bits per heavy atom.